The summed E-state index contributed by atoms with van der Waals surface area (Å²) in [4.78, 5) is 3.78. The van der Waals surface area contributed by atoms with Gasteiger partial charge in [0, 0.05) is 6.20 Å². The Morgan fingerprint density at radius 1 is 1.37 bits per heavy atom. The first-order valence-electron chi connectivity index (χ1n) is 5.47. The standard InChI is InChI=1S/C12H11N3O3S/c13-7-6-10(11-4-3-9-18-11)15-19(16,17)12-5-1-2-8-14-12/h1-5,8-10,15H,6H2. The fourth-order valence-corrected chi connectivity index (χ4v) is 2.69. The van der Waals surface area contributed by atoms with Crippen LogP contribution in [0.2, 0.25) is 0 Å². The third-order valence-corrected chi connectivity index (χ3v) is 3.78. The molecule has 1 unspecified atom stereocenters. The Balaban J connectivity index is 2.25. The second kappa shape index (κ2) is 5.65. The normalized spacial score (nSPS) is 12.8. The number of sulfonamides is 1. The van der Waals surface area contributed by atoms with E-state index in [1.165, 1.54) is 18.5 Å². The first kappa shape index (κ1) is 13.3. The van der Waals surface area contributed by atoms with Crippen LogP contribution >= 0.6 is 0 Å². The smallest absolute Gasteiger partial charge is 0.258 e. The van der Waals surface area contributed by atoms with Gasteiger partial charge >= 0.3 is 0 Å². The van der Waals surface area contributed by atoms with Gasteiger partial charge in [0.1, 0.15) is 5.76 Å². The van der Waals surface area contributed by atoms with Gasteiger partial charge < -0.3 is 4.42 Å². The number of pyridine rings is 1. The zero-order valence-corrected chi connectivity index (χ0v) is 10.7. The third kappa shape index (κ3) is 3.19. The van der Waals surface area contributed by atoms with Crippen molar-refractivity contribution in [2.24, 2.45) is 0 Å². The quantitative estimate of drug-likeness (QED) is 0.895. The summed E-state index contributed by atoms with van der Waals surface area (Å²) in [5, 5.41) is 8.67. The third-order valence-electron chi connectivity index (χ3n) is 2.39. The summed E-state index contributed by atoms with van der Waals surface area (Å²) >= 11 is 0. The second-order valence-corrected chi connectivity index (χ2v) is 5.38. The lowest BCUT2D eigenvalue weighted by Crippen LogP contribution is -2.28. The van der Waals surface area contributed by atoms with Gasteiger partial charge in [-0.15, -0.1) is 0 Å². The molecule has 0 amide bonds. The predicted octanol–water partition coefficient (Wildman–Crippen LogP) is 1.61. The zero-order valence-electron chi connectivity index (χ0n) is 9.85. The molecular formula is C12H11N3O3S. The molecule has 0 aromatic carbocycles. The van der Waals surface area contributed by atoms with Crippen LogP contribution in [0.1, 0.15) is 18.2 Å². The van der Waals surface area contributed by atoms with Crippen molar-refractivity contribution in [2.75, 3.05) is 0 Å². The van der Waals surface area contributed by atoms with Gasteiger partial charge in [-0.05, 0) is 24.3 Å². The Morgan fingerprint density at radius 2 is 2.21 bits per heavy atom. The molecule has 1 atom stereocenters. The van der Waals surface area contributed by atoms with E-state index in [4.69, 9.17) is 9.68 Å². The lowest BCUT2D eigenvalue weighted by molar-refractivity contribution is 0.446. The van der Waals surface area contributed by atoms with Crippen molar-refractivity contribution >= 4 is 10.0 Å². The summed E-state index contributed by atoms with van der Waals surface area (Å²) in [7, 11) is -3.78. The summed E-state index contributed by atoms with van der Waals surface area (Å²) < 4.78 is 31.7. The fraction of sp³-hybridized carbons (Fsp3) is 0.167. The number of hydrogen-bond acceptors (Lipinski definition) is 5. The van der Waals surface area contributed by atoms with Gasteiger partial charge in [-0.3, -0.25) is 0 Å². The molecule has 0 saturated heterocycles. The van der Waals surface area contributed by atoms with E-state index in [0.717, 1.165) is 0 Å². The van der Waals surface area contributed by atoms with Gasteiger partial charge in [-0.1, -0.05) is 6.07 Å². The van der Waals surface area contributed by atoms with Crippen LogP contribution in [0.3, 0.4) is 0 Å². The van der Waals surface area contributed by atoms with E-state index in [1.807, 2.05) is 6.07 Å². The molecular weight excluding hydrogens is 266 g/mol. The molecule has 2 aromatic heterocycles. The van der Waals surface area contributed by atoms with Crippen LogP contribution in [0.25, 0.3) is 0 Å². The van der Waals surface area contributed by atoms with Gasteiger partial charge in [0.2, 0.25) is 0 Å². The van der Waals surface area contributed by atoms with Gasteiger partial charge in [0.25, 0.3) is 10.0 Å². The molecule has 1 N–H and O–H groups in total. The van der Waals surface area contributed by atoms with E-state index in [1.54, 1.807) is 24.3 Å². The van der Waals surface area contributed by atoms with Gasteiger partial charge in [0.15, 0.2) is 5.03 Å². The highest BCUT2D eigenvalue weighted by Gasteiger charge is 2.23. The van der Waals surface area contributed by atoms with Crippen LogP contribution in [0, 0.1) is 11.3 Å². The van der Waals surface area contributed by atoms with Gasteiger partial charge in [-0.25, -0.2) is 13.4 Å². The van der Waals surface area contributed by atoms with E-state index in [9.17, 15) is 8.42 Å². The number of rotatable bonds is 5. The molecule has 0 saturated carbocycles. The maximum atomic E-state index is 12.1. The highest BCUT2D eigenvalue weighted by atomic mass is 32.2. The maximum Gasteiger partial charge on any atom is 0.258 e. The van der Waals surface area contributed by atoms with Crippen LogP contribution in [-0.4, -0.2) is 13.4 Å². The minimum atomic E-state index is -3.78. The lowest BCUT2D eigenvalue weighted by atomic mass is 10.2. The molecule has 2 rings (SSSR count). The van der Waals surface area contributed by atoms with Crippen molar-refractivity contribution in [3.63, 3.8) is 0 Å². The minimum absolute atomic E-state index is 0.0282. The zero-order chi connectivity index (χ0) is 13.7. The Labute approximate surface area is 110 Å². The number of furan rings is 1. The van der Waals surface area contributed by atoms with E-state index in [-0.39, 0.29) is 11.4 Å². The van der Waals surface area contributed by atoms with Crippen molar-refractivity contribution < 1.29 is 12.8 Å². The molecule has 0 fully saturated rings. The van der Waals surface area contributed by atoms with Gasteiger partial charge in [-0.2, -0.15) is 9.98 Å². The molecule has 0 radical (unpaired) electrons. The second-order valence-electron chi connectivity index (χ2n) is 3.72. The molecule has 0 aliphatic carbocycles. The van der Waals surface area contributed by atoms with Crippen molar-refractivity contribution in [3.05, 3.63) is 48.6 Å². The summed E-state index contributed by atoms with van der Waals surface area (Å²) in [5.74, 6) is 0.390. The Kier molecular flexibility index (Phi) is 3.94. The highest BCUT2D eigenvalue weighted by Crippen LogP contribution is 2.19. The summed E-state index contributed by atoms with van der Waals surface area (Å²) in [6.45, 7) is 0. The maximum absolute atomic E-state index is 12.1. The Bertz CT molecular complexity index is 660. The van der Waals surface area contributed by atoms with Crippen LogP contribution in [0.15, 0.2) is 52.2 Å². The Morgan fingerprint density at radius 3 is 2.79 bits per heavy atom. The number of aromatic nitrogens is 1. The average Bonchev–Trinajstić information content (AvgIpc) is 2.93. The monoisotopic (exact) mass is 277 g/mol. The first-order valence-corrected chi connectivity index (χ1v) is 6.95. The molecule has 6 nitrogen and oxygen atoms in total. The molecule has 19 heavy (non-hydrogen) atoms. The predicted molar refractivity (Wildman–Crippen MR) is 66.2 cm³/mol. The molecule has 7 heteroatoms. The molecule has 0 aliphatic rings. The SMILES string of the molecule is N#CCC(NS(=O)(=O)c1ccccn1)c1ccco1. The number of hydrogen-bond donors (Lipinski definition) is 1. The molecule has 0 spiro atoms. The Hall–Kier alpha value is -2.17. The first-order chi connectivity index (χ1) is 9.13. The number of nitrogens with one attached hydrogen (secondary N) is 1. The van der Waals surface area contributed by atoms with Crippen LogP contribution in [0.5, 0.6) is 0 Å². The minimum Gasteiger partial charge on any atom is -0.468 e. The number of nitrogens with zero attached hydrogens (tertiary/aromatic N) is 2. The van der Waals surface area contributed by atoms with Crippen molar-refractivity contribution in [3.8, 4) is 6.07 Å². The topological polar surface area (TPSA) is 96.0 Å². The van der Waals surface area contributed by atoms with Crippen LogP contribution in [0.4, 0.5) is 0 Å². The van der Waals surface area contributed by atoms with E-state index in [0.29, 0.717) is 5.76 Å². The lowest BCUT2D eigenvalue weighted by Gasteiger charge is -2.13. The van der Waals surface area contributed by atoms with Crippen molar-refractivity contribution in [1.82, 2.24) is 9.71 Å². The number of nitriles is 1. The molecule has 98 valence electrons. The van der Waals surface area contributed by atoms with E-state index in [2.05, 4.69) is 9.71 Å². The summed E-state index contributed by atoms with van der Waals surface area (Å²) in [5.41, 5.74) is 0. The molecule has 2 heterocycles. The van der Waals surface area contributed by atoms with Crippen molar-refractivity contribution in [2.45, 2.75) is 17.5 Å². The molecule has 0 bridgehead atoms. The molecule has 0 aliphatic heterocycles. The van der Waals surface area contributed by atoms with E-state index < -0.39 is 16.1 Å². The summed E-state index contributed by atoms with van der Waals surface area (Å²) in [6, 6.07) is 9.02. The van der Waals surface area contributed by atoms with Crippen LogP contribution in [-0.2, 0) is 10.0 Å². The summed E-state index contributed by atoms with van der Waals surface area (Å²) in [6.07, 6.45) is 2.79. The largest absolute Gasteiger partial charge is 0.468 e. The van der Waals surface area contributed by atoms with E-state index >= 15 is 0 Å². The van der Waals surface area contributed by atoms with Crippen molar-refractivity contribution in [1.29, 1.82) is 5.26 Å². The average molecular weight is 277 g/mol. The van der Waals surface area contributed by atoms with Gasteiger partial charge in [0.05, 0.1) is 24.8 Å². The highest BCUT2D eigenvalue weighted by molar-refractivity contribution is 7.89. The van der Waals surface area contributed by atoms with Crippen LogP contribution < -0.4 is 4.72 Å². The molecule has 2 aromatic rings. The fourth-order valence-electron chi connectivity index (χ4n) is 1.53.